The molecule has 0 unspecified atom stereocenters. The summed E-state index contributed by atoms with van der Waals surface area (Å²) in [6.07, 6.45) is 8.18. The summed E-state index contributed by atoms with van der Waals surface area (Å²) in [5.74, 6) is 1.85. The van der Waals surface area contributed by atoms with Gasteiger partial charge in [-0.2, -0.15) is 5.10 Å². The first-order valence-electron chi connectivity index (χ1n) is 8.49. The van der Waals surface area contributed by atoms with Crippen molar-refractivity contribution < 1.29 is 4.79 Å². The van der Waals surface area contributed by atoms with Crippen molar-refractivity contribution in [1.29, 1.82) is 0 Å². The van der Waals surface area contributed by atoms with Crippen LogP contribution in [0.2, 0.25) is 0 Å². The molecule has 1 amide bonds. The van der Waals surface area contributed by atoms with Gasteiger partial charge in [0.25, 0.3) is 0 Å². The zero-order valence-corrected chi connectivity index (χ0v) is 13.1. The molecule has 2 saturated carbocycles. The van der Waals surface area contributed by atoms with Gasteiger partial charge in [-0.3, -0.25) is 4.79 Å². The van der Waals surface area contributed by atoms with Gasteiger partial charge in [0.1, 0.15) is 19.2 Å². The molecule has 1 heterocycles. The van der Waals surface area contributed by atoms with E-state index in [2.05, 4.69) is 45.7 Å². The lowest BCUT2D eigenvalue weighted by atomic mass is 9.53. The van der Waals surface area contributed by atoms with Gasteiger partial charge in [0.15, 0.2) is 0 Å². The molecule has 0 bridgehead atoms. The second-order valence-electron chi connectivity index (χ2n) is 6.73. The van der Waals surface area contributed by atoms with E-state index in [0.29, 0.717) is 11.8 Å². The first kappa shape index (κ1) is 14.4. The van der Waals surface area contributed by atoms with E-state index in [1.54, 1.807) is 11.0 Å². The third kappa shape index (κ3) is 2.76. The molecule has 0 aliphatic heterocycles. The Labute approximate surface area is 136 Å². The zero-order valence-electron chi connectivity index (χ0n) is 13.1. The van der Waals surface area contributed by atoms with Crippen LogP contribution in [-0.4, -0.2) is 26.7 Å². The largest absolute Gasteiger partial charge is 0.351 e. The van der Waals surface area contributed by atoms with Crippen molar-refractivity contribution >= 4 is 5.91 Å². The van der Waals surface area contributed by atoms with E-state index in [4.69, 9.17) is 0 Å². The fraction of sp³-hybridized carbons (Fsp3) is 0.500. The van der Waals surface area contributed by atoms with E-state index in [1.807, 2.05) is 0 Å². The van der Waals surface area contributed by atoms with Crippen LogP contribution in [0.25, 0.3) is 0 Å². The molecule has 2 fully saturated rings. The van der Waals surface area contributed by atoms with E-state index < -0.39 is 0 Å². The fourth-order valence-electron chi connectivity index (χ4n) is 4.49. The van der Waals surface area contributed by atoms with Gasteiger partial charge < -0.3 is 5.32 Å². The van der Waals surface area contributed by atoms with Crippen LogP contribution in [-0.2, 0) is 11.3 Å². The predicted octanol–water partition coefficient (Wildman–Crippen LogP) is 2.37. The standard InChI is InChI=1S/C18H22N4O/c23-16(10-22-12-19-11-20-22)21-18-15-9-5-4-8-14(15)17(18)13-6-2-1-3-7-13/h1-3,6-7,11-12,14-15,17-18H,4-5,8-10H2,(H,21,23)/t14-,15+,17+,18+/m1/s1. The molecule has 2 aliphatic rings. The number of carbonyl (C=O) groups excluding carboxylic acids is 1. The number of benzene rings is 1. The molecule has 1 N–H and O–H groups in total. The van der Waals surface area contributed by atoms with Gasteiger partial charge in [0, 0.05) is 12.0 Å². The summed E-state index contributed by atoms with van der Waals surface area (Å²) in [7, 11) is 0. The number of carbonyl (C=O) groups is 1. The summed E-state index contributed by atoms with van der Waals surface area (Å²) in [4.78, 5) is 16.3. The number of fused-ring (bicyclic) bond motifs is 1. The van der Waals surface area contributed by atoms with Gasteiger partial charge in [-0.15, -0.1) is 0 Å². The van der Waals surface area contributed by atoms with Crippen LogP contribution < -0.4 is 5.32 Å². The highest BCUT2D eigenvalue weighted by Crippen LogP contribution is 2.54. The van der Waals surface area contributed by atoms with E-state index in [-0.39, 0.29) is 18.5 Å². The average molecular weight is 310 g/mol. The third-order valence-corrected chi connectivity index (χ3v) is 5.47. The second kappa shape index (κ2) is 6.14. The van der Waals surface area contributed by atoms with Crippen LogP contribution >= 0.6 is 0 Å². The van der Waals surface area contributed by atoms with E-state index >= 15 is 0 Å². The van der Waals surface area contributed by atoms with Crippen LogP contribution in [0.15, 0.2) is 43.0 Å². The molecular weight excluding hydrogens is 288 g/mol. The van der Waals surface area contributed by atoms with Gasteiger partial charge >= 0.3 is 0 Å². The quantitative estimate of drug-likeness (QED) is 0.943. The summed E-state index contributed by atoms with van der Waals surface area (Å²) in [5.41, 5.74) is 1.36. The van der Waals surface area contributed by atoms with Crippen LogP contribution in [0.5, 0.6) is 0 Å². The molecule has 5 heteroatoms. The third-order valence-electron chi connectivity index (χ3n) is 5.47. The average Bonchev–Trinajstić information content (AvgIpc) is 3.07. The SMILES string of the molecule is O=C(Cn1cncn1)N[C@H]1[C@H]2CCCC[C@H]2[C@@H]1c1ccccc1. The highest BCUT2D eigenvalue weighted by molar-refractivity contribution is 5.76. The Morgan fingerprint density at radius 3 is 2.70 bits per heavy atom. The van der Waals surface area contributed by atoms with Gasteiger partial charge in [-0.05, 0) is 30.2 Å². The lowest BCUT2D eigenvalue weighted by Gasteiger charge is -2.55. The van der Waals surface area contributed by atoms with Gasteiger partial charge in [0.2, 0.25) is 5.91 Å². The maximum Gasteiger partial charge on any atom is 0.242 e. The Balaban J connectivity index is 1.49. The fourth-order valence-corrected chi connectivity index (χ4v) is 4.49. The lowest BCUT2D eigenvalue weighted by Crippen LogP contribution is -2.59. The van der Waals surface area contributed by atoms with Crippen molar-refractivity contribution in [2.75, 3.05) is 0 Å². The van der Waals surface area contributed by atoms with Crippen molar-refractivity contribution in [3.8, 4) is 0 Å². The second-order valence-corrected chi connectivity index (χ2v) is 6.73. The Morgan fingerprint density at radius 1 is 1.17 bits per heavy atom. The van der Waals surface area contributed by atoms with Crippen molar-refractivity contribution in [2.45, 2.75) is 44.2 Å². The van der Waals surface area contributed by atoms with Crippen molar-refractivity contribution in [3.63, 3.8) is 0 Å². The van der Waals surface area contributed by atoms with E-state index in [0.717, 1.165) is 5.92 Å². The number of hydrogen-bond donors (Lipinski definition) is 1. The monoisotopic (exact) mass is 310 g/mol. The molecule has 1 aromatic heterocycles. The summed E-state index contributed by atoms with van der Waals surface area (Å²) < 4.78 is 1.57. The number of rotatable bonds is 4. The molecule has 0 saturated heterocycles. The summed E-state index contributed by atoms with van der Waals surface area (Å²) >= 11 is 0. The first-order valence-corrected chi connectivity index (χ1v) is 8.49. The maximum atomic E-state index is 12.4. The Bertz CT molecular complexity index is 655. The van der Waals surface area contributed by atoms with Gasteiger partial charge in [-0.25, -0.2) is 9.67 Å². The molecule has 2 aliphatic carbocycles. The van der Waals surface area contributed by atoms with Crippen LogP contribution in [0.4, 0.5) is 0 Å². The highest BCUT2D eigenvalue weighted by atomic mass is 16.2. The number of hydrogen-bond acceptors (Lipinski definition) is 3. The predicted molar refractivity (Wildman–Crippen MR) is 86.6 cm³/mol. The number of amides is 1. The Kier molecular flexibility index (Phi) is 3.85. The molecule has 120 valence electrons. The maximum absolute atomic E-state index is 12.4. The topological polar surface area (TPSA) is 59.8 Å². The molecule has 1 aromatic carbocycles. The minimum Gasteiger partial charge on any atom is -0.351 e. The summed E-state index contributed by atoms with van der Waals surface area (Å²) in [6, 6.07) is 10.9. The van der Waals surface area contributed by atoms with E-state index in [9.17, 15) is 4.79 Å². The smallest absolute Gasteiger partial charge is 0.242 e. The minimum absolute atomic E-state index is 0.0328. The molecule has 4 atom stereocenters. The Morgan fingerprint density at radius 2 is 1.96 bits per heavy atom. The van der Waals surface area contributed by atoms with Crippen LogP contribution in [0.1, 0.15) is 37.2 Å². The molecule has 2 aromatic rings. The Hall–Kier alpha value is -2.17. The highest BCUT2D eigenvalue weighted by Gasteiger charge is 2.51. The molecule has 5 nitrogen and oxygen atoms in total. The molecular formula is C18H22N4O. The molecule has 0 spiro atoms. The first-order chi connectivity index (χ1) is 11.3. The normalized spacial score (nSPS) is 29.4. The lowest BCUT2D eigenvalue weighted by molar-refractivity contribution is -0.125. The zero-order chi connectivity index (χ0) is 15.6. The van der Waals surface area contributed by atoms with Crippen LogP contribution in [0.3, 0.4) is 0 Å². The molecule has 0 radical (unpaired) electrons. The minimum atomic E-state index is 0.0328. The number of aromatic nitrogens is 3. The number of nitrogens with zero attached hydrogens (tertiary/aromatic N) is 3. The van der Waals surface area contributed by atoms with Crippen LogP contribution in [0, 0.1) is 11.8 Å². The van der Waals surface area contributed by atoms with E-state index in [1.165, 1.54) is 37.6 Å². The summed E-state index contributed by atoms with van der Waals surface area (Å²) in [5, 5.41) is 7.29. The molecule has 23 heavy (non-hydrogen) atoms. The van der Waals surface area contributed by atoms with Crippen molar-refractivity contribution in [2.24, 2.45) is 11.8 Å². The van der Waals surface area contributed by atoms with Gasteiger partial charge in [0.05, 0.1) is 0 Å². The molecule has 4 rings (SSSR count). The van der Waals surface area contributed by atoms with Gasteiger partial charge in [-0.1, -0.05) is 43.2 Å². The number of nitrogens with one attached hydrogen (secondary N) is 1. The summed E-state index contributed by atoms with van der Waals surface area (Å²) in [6.45, 7) is 0.245. The van der Waals surface area contributed by atoms with Crippen molar-refractivity contribution in [3.05, 3.63) is 48.5 Å². The van der Waals surface area contributed by atoms with Crippen molar-refractivity contribution in [1.82, 2.24) is 20.1 Å².